The van der Waals surface area contributed by atoms with Crippen LogP contribution in [0.15, 0.2) is 30.3 Å². The standard InChI is InChI=1S/C11H14N2O/c12-10-7-4-8-13(11(10)14)9-5-2-1-3-6-9/h1-3,5-6,10H,4,7-8,12H2/p+1. The van der Waals surface area contributed by atoms with Gasteiger partial charge in [0, 0.05) is 18.7 Å². The monoisotopic (exact) mass is 191 g/mol. The summed E-state index contributed by atoms with van der Waals surface area (Å²) >= 11 is 0. The van der Waals surface area contributed by atoms with Crippen LogP contribution in [0.25, 0.3) is 0 Å². The summed E-state index contributed by atoms with van der Waals surface area (Å²) in [6, 6.07) is 9.74. The number of quaternary nitrogens is 1. The second-order valence-electron chi connectivity index (χ2n) is 3.66. The fraction of sp³-hybridized carbons (Fsp3) is 0.364. The first-order valence-corrected chi connectivity index (χ1v) is 4.98. The minimum absolute atomic E-state index is 0.0658. The van der Waals surface area contributed by atoms with E-state index >= 15 is 0 Å². The van der Waals surface area contributed by atoms with Crippen molar-refractivity contribution in [1.82, 2.24) is 0 Å². The molecule has 1 heterocycles. The lowest BCUT2D eigenvalue weighted by Crippen LogP contribution is -2.69. The molecule has 1 aliphatic rings. The maximum atomic E-state index is 11.8. The highest BCUT2D eigenvalue weighted by Crippen LogP contribution is 2.18. The van der Waals surface area contributed by atoms with Gasteiger partial charge in [0.1, 0.15) is 0 Å². The molecule has 0 radical (unpaired) electrons. The maximum absolute atomic E-state index is 11.8. The van der Waals surface area contributed by atoms with E-state index in [-0.39, 0.29) is 11.9 Å². The van der Waals surface area contributed by atoms with Gasteiger partial charge in [-0.15, -0.1) is 0 Å². The van der Waals surface area contributed by atoms with E-state index in [2.05, 4.69) is 5.73 Å². The zero-order valence-electron chi connectivity index (χ0n) is 8.15. The number of piperidine rings is 1. The summed E-state index contributed by atoms with van der Waals surface area (Å²) in [4.78, 5) is 13.6. The highest BCUT2D eigenvalue weighted by molar-refractivity contribution is 5.96. The summed E-state index contributed by atoms with van der Waals surface area (Å²) in [6.45, 7) is 0.828. The molecule has 0 bridgehead atoms. The molecule has 3 N–H and O–H groups in total. The highest BCUT2D eigenvalue weighted by atomic mass is 16.2. The molecular weight excluding hydrogens is 176 g/mol. The van der Waals surface area contributed by atoms with Gasteiger partial charge in [0.15, 0.2) is 6.04 Å². The van der Waals surface area contributed by atoms with Crippen molar-refractivity contribution >= 4 is 11.6 Å². The van der Waals surface area contributed by atoms with Crippen molar-refractivity contribution in [2.45, 2.75) is 18.9 Å². The molecule has 14 heavy (non-hydrogen) atoms. The zero-order chi connectivity index (χ0) is 9.97. The van der Waals surface area contributed by atoms with Crippen LogP contribution in [-0.4, -0.2) is 18.5 Å². The Balaban J connectivity index is 2.22. The average molecular weight is 191 g/mol. The van der Waals surface area contributed by atoms with Crippen LogP contribution < -0.4 is 10.6 Å². The minimum atomic E-state index is -0.0658. The van der Waals surface area contributed by atoms with E-state index in [4.69, 9.17) is 0 Å². The Morgan fingerprint density at radius 1 is 1.29 bits per heavy atom. The molecule has 1 atom stereocenters. The van der Waals surface area contributed by atoms with Crippen LogP contribution in [0.4, 0.5) is 5.69 Å². The van der Waals surface area contributed by atoms with Crippen molar-refractivity contribution in [2.75, 3.05) is 11.4 Å². The number of hydrogen-bond donors (Lipinski definition) is 1. The van der Waals surface area contributed by atoms with E-state index in [0.29, 0.717) is 0 Å². The van der Waals surface area contributed by atoms with Crippen LogP contribution in [0.2, 0.25) is 0 Å². The van der Waals surface area contributed by atoms with E-state index in [9.17, 15) is 4.79 Å². The van der Waals surface area contributed by atoms with Crippen molar-refractivity contribution in [3.8, 4) is 0 Å². The number of rotatable bonds is 1. The molecule has 1 aromatic carbocycles. The first-order chi connectivity index (χ1) is 6.79. The third-order valence-electron chi connectivity index (χ3n) is 2.62. The van der Waals surface area contributed by atoms with Crippen LogP contribution in [0.3, 0.4) is 0 Å². The smallest absolute Gasteiger partial charge is 0.285 e. The van der Waals surface area contributed by atoms with Gasteiger partial charge in [-0.2, -0.15) is 0 Å². The van der Waals surface area contributed by atoms with Gasteiger partial charge in [0.25, 0.3) is 5.91 Å². The van der Waals surface area contributed by atoms with Gasteiger partial charge in [-0.3, -0.25) is 4.79 Å². The van der Waals surface area contributed by atoms with E-state index in [0.717, 1.165) is 25.1 Å². The van der Waals surface area contributed by atoms with Crippen LogP contribution in [0, 0.1) is 0 Å². The lowest BCUT2D eigenvalue weighted by atomic mass is 10.1. The molecule has 0 aliphatic carbocycles. The van der Waals surface area contributed by atoms with Crippen molar-refractivity contribution in [2.24, 2.45) is 0 Å². The largest absolute Gasteiger partial charge is 0.347 e. The quantitative estimate of drug-likeness (QED) is 0.687. The van der Waals surface area contributed by atoms with Crippen molar-refractivity contribution in [1.29, 1.82) is 0 Å². The minimum Gasteiger partial charge on any atom is -0.347 e. The van der Waals surface area contributed by atoms with Gasteiger partial charge in [-0.1, -0.05) is 18.2 Å². The predicted molar refractivity (Wildman–Crippen MR) is 54.7 cm³/mol. The van der Waals surface area contributed by atoms with E-state index in [1.807, 2.05) is 35.2 Å². The maximum Gasteiger partial charge on any atom is 0.285 e. The summed E-state index contributed by atoms with van der Waals surface area (Å²) in [7, 11) is 0. The third kappa shape index (κ3) is 1.63. The number of amides is 1. The number of para-hydroxylation sites is 1. The Bertz CT molecular complexity index is 323. The molecule has 3 heteroatoms. The molecule has 0 saturated carbocycles. The van der Waals surface area contributed by atoms with Crippen molar-refractivity contribution in [3.05, 3.63) is 30.3 Å². The normalized spacial score (nSPS) is 22.5. The molecule has 1 aliphatic heterocycles. The molecule has 0 aromatic heterocycles. The molecule has 1 aromatic rings. The van der Waals surface area contributed by atoms with Crippen LogP contribution in [0.5, 0.6) is 0 Å². The third-order valence-corrected chi connectivity index (χ3v) is 2.62. The molecule has 1 saturated heterocycles. The number of nitrogens with zero attached hydrogens (tertiary/aromatic N) is 1. The number of hydrogen-bond acceptors (Lipinski definition) is 1. The van der Waals surface area contributed by atoms with Crippen LogP contribution in [0.1, 0.15) is 12.8 Å². The molecule has 0 spiro atoms. The lowest BCUT2D eigenvalue weighted by Gasteiger charge is -2.28. The Morgan fingerprint density at radius 3 is 2.71 bits per heavy atom. The summed E-state index contributed by atoms with van der Waals surface area (Å²) in [6.07, 6.45) is 1.97. The summed E-state index contributed by atoms with van der Waals surface area (Å²) in [5, 5.41) is 0. The fourth-order valence-electron chi connectivity index (χ4n) is 1.81. The first kappa shape index (κ1) is 9.21. The van der Waals surface area contributed by atoms with Gasteiger partial charge in [0.05, 0.1) is 0 Å². The Labute approximate surface area is 83.5 Å². The van der Waals surface area contributed by atoms with Gasteiger partial charge in [-0.05, 0) is 18.6 Å². The summed E-state index contributed by atoms with van der Waals surface area (Å²) in [5.41, 5.74) is 4.85. The zero-order valence-corrected chi connectivity index (χ0v) is 8.15. The molecule has 2 rings (SSSR count). The highest BCUT2D eigenvalue weighted by Gasteiger charge is 2.29. The molecule has 74 valence electrons. The number of carbonyl (C=O) groups is 1. The number of anilines is 1. The fourth-order valence-corrected chi connectivity index (χ4v) is 1.81. The molecule has 1 amide bonds. The SMILES string of the molecule is [NH3+]C1CCCN(c2ccccc2)C1=O. The summed E-state index contributed by atoms with van der Waals surface area (Å²) in [5.74, 6) is 0.155. The van der Waals surface area contributed by atoms with E-state index in [1.54, 1.807) is 0 Å². The van der Waals surface area contributed by atoms with Crippen molar-refractivity contribution < 1.29 is 10.5 Å². The van der Waals surface area contributed by atoms with Gasteiger partial charge < -0.3 is 10.6 Å². The predicted octanol–water partition coefficient (Wildman–Crippen LogP) is 0.424. The average Bonchev–Trinajstić information content (AvgIpc) is 2.23. The molecule has 1 fully saturated rings. The second kappa shape index (κ2) is 3.80. The van der Waals surface area contributed by atoms with Gasteiger partial charge in [-0.25, -0.2) is 0 Å². The van der Waals surface area contributed by atoms with E-state index in [1.165, 1.54) is 0 Å². The van der Waals surface area contributed by atoms with E-state index < -0.39 is 0 Å². The Kier molecular flexibility index (Phi) is 2.50. The summed E-state index contributed by atoms with van der Waals surface area (Å²) < 4.78 is 0. The molecule has 1 unspecified atom stereocenters. The van der Waals surface area contributed by atoms with Gasteiger partial charge in [0.2, 0.25) is 0 Å². The number of benzene rings is 1. The van der Waals surface area contributed by atoms with Crippen molar-refractivity contribution in [3.63, 3.8) is 0 Å². The van der Waals surface area contributed by atoms with Crippen LogP contribution in [-0.2, 0) is 4.79 Å². The van der Waals surface area contributed by atoms with Gasteiger partial charge >= 0.3 is 0 Å². The van der Waals surface area contributed by atoms with Crippen LogP contribution >= 0.6 is 0 Å². The molecular formula is C11H15N2O+. The molecule has 3 nitrogen and oxygen atoms in total. The first-order valence-electron chi connectivity index (χ1n) is 4.98. The Hall–Kier alpha value is -1.35. The number of carbonyl (C=O) groups excluding carboxylic acids is 1. The second-order valence-corrected chi connectivity index (χ2v) is 3.66. The Morgan fingerprint density at radius 2 is 2.00 bits per heavy atom. The lowest BCUT2D eigenvalue weighted by molar-refractivity contribution is -0.405. The topological polar surface area (TPSA) is 48.0 Å².